The number of unbranched alkanes of at least 4 members (excludes halogenated alkanes) is 2. The highest BCUT2D eigenvalue weighted by molar-refractivity contribution is 5.74. The van der Waals surface area contributed by atoms with E-state index in [4.69, 9.17) is 4.74 Å². The molecule has 1 heterocycles. The number of aliphatic hydroxyl groups excluding tert-OH is 9. The Kier molecular flexibility index (Phi) is 21.1. The van der Waals surface area contributed by atoms with Crippen molar-refractivity contribution in [3.8, 4) is 0 Å². The van der Waals surface area contributed by atoms with Crippen molar-refractivity contribution in [3.63, 3.8) is 0 Å². The molecule has 11 heteroatoms. The van der Waals surface area contributed by atoms with Gasteiger partial charge in [0.15, 0.2) is 0 Å². The molecule has 0 spiro atoms. The van der Waals surface area contributed by atoms with Crippen LogP contribution in [0.1, 0.15) is 85.0 Å². The lowest BCUT2D eigenvalue weighted by atomic mass is 9.87. The van der Waals surface area contributed by atoms with Crippen LogP contribution >= 0.6 is 0 Å². The lowest BCUT2D eigenvalue weighted by Crippen LogP contribution is -2.43. The number of carbonyl (C=O) groups is 1. The summed E-state index contributed by atoms with van der Waals surface area (Å²) >= 11 is 0. The summed E-state index contributed by atoms with van der Waals surface area (Å²) in [6.45, 7) is 5.18. The Hall–Kier alpha value is -2.19. The fraction of sp³-hybridized carbons (Fsp3) is 0.686. The number of esters is 1. The van der Waals surface area contributed by atoms with E-state index >= 15 is 0 Å². The molecule has 11 atom stereocenters. The van der Waals surface area contributed by atoms with Gasteiger partial charge in [-0.25, -0.2) is 0 Å². The largest absolute Gasteiger partial charge is 0.459 e. The Bertz CT molecular complexity index is 991. The van der Waals surface area contributed by atoms with Crippen molar-refractivity contribution in [1.29, 1.82) is 0 Å². The van der Waals surface area contributed by atoms with Gasteiger partial charge < -0.3 is 50.7 Å². The van der Waals surface area contributed by atoms with Crippen molar-refractivity contribution in [2.45, 2.75) is 146 Å². The van der Waals surface area contributed by atoms with Gasteiger partial charge in [0.25, 0.3) is 0 Å². The third-order valence-corrected chi connectivity index (χ3v) is 8.03. The van der Waals surface area contributed by atoms with Gasteiger partial charge in [-0.15, -0.1) is 0 Å². The molecule has 0 aromatic rings. The van der Waals surface area contributed by atoms with Crippen LogP contribution < -0.4 is 0 Å². The number of rotatable bonds is 5. The van der Waals surface area contributed by atoms with Crippen LogP contribution in [0.25, 0.3) is 0 Å². The smallest absolute Gasteiger partial charge is 0.314 e. The summed E-state index contributed by atoms with van der Waals surface area (Å²) in [5.41, 5.74) is 0.609. The second-order valence-electron chi connectivity index (χ2n) is 12.4. The number of carbonyl (C=O) groups excluding carboxylic acids is 1. The zero-order valence-electron chi connectivity index (χ0n) is 27.5. The summed E-state index contributed by atoms with van der Waals surface area (Å²) in [4.78, 5) is 13.1. The van der Waals surface area contributed by atoms with Crippen LogP contribution in [-0.4, -0.2) is 113 Å². The molecule has 0 saturated heterocycles. The Morgan fingerprint density at radius 1 is 0.717 bits per heavy atom. The van der Waals surface area contributed by atoms with Gasteiger partial charge in [0.05, 0.1) is 48.8 Å². The quantitative estimate of drug-likeness (QED) is 0.154. The molecule has 0 amide bonds. The fourth-order valence-electron chi connectivity index (χ4n) is 5.27. The molecule has 1 aliphatic rings. The summed E-state index contributed by atoms with van der Waals surface area (Å²) in [5.74, 6) is -2.33. The molecule has 9 N–H and O–H groups in total. The second kappa shape index (κ2) is 23.2. The maximum Gasteiger partial charge on any atom is 0.314 e. The van der Waals surface area contributed by atoms with Crippen LogP contribution in [0.15, 0.2) is 60.3 Å². The molecule has 0 aromatic heterocycles. The average Bonchev–Trinajstić information content (AvgIpc) is 2.94. The zero-order chi connectivity index (χ0) is 34.6. The standard InChI is InChI=1S/C35H58O11/c1-4-5-11-16-31(42)34-33(44)22-29(40)20-27(38)18-25(36)17-26(37)19-28(39)21-32(43)23(2)14-12-9-7-6-8-10-13-15-30(41)24(3)46-35(34)45/h6-10,12-15,24-34,36-44H,4-5,11,16-22H2,1-3H3/b7-6+,10-8+,12-9+,15-13+,23-14+/t24-,25+,26-,27+,28-,29-,30-,31+,32-,33+,34+/m1/s1. The predicted molar refractivity (Wildman–Crippen MR) is 175 cm³/mol. The van der Waals surface area contributed by atoms with Crippen LogP contribution in [0.5, 0.6) is 0 Å². The lowest BCUT2D eigenvalue weighted by molar-refractivity contribution is -0.168. The van der Waals surface area contributed by atoms with E-state index in [1.807, 2.05) is 6.92 Å². The first-order valence-electron chi connectivity index (χ1n) is 16.4. The highest BCUT2D eigenvalue weighted by atomic mass is 16.6. The maximum absolute atomic E-state index is 13.1. The third kappa shape index (κ3) is 17.7. The van der Waals surface area contributed by atoms with Crippen LogP contribution in [0.2, 0.25) is 0 Å². The minimum atomic E-state index is -1.52. The Morgan fingerprint density at radius 2 is 1.20 bits per heavy atom. The topological polar surface area (TPSA) is 208 Å². The molecule has 0 aromatic carbocycles. The van der Waals surface area contributed by atoms with Gasteiger partial charge in [0.1, 0.15) is 18.1 Å². The fourth-order valence-corrected chi connectivity index (χ4v) is 5.27. The Morgan fingerprint density at radius 3 is 1.74 bits per heavy atom. The summed E-state index contributed by atoms with van der Waals surface area (Å²) in [6, 6.07) is 0. The molecule has 0 saturated carbocycles. The zero-order valence-corrected chi connectivity index (χ0v) is 27.5. The molecular weight excluding hydrogens is 596 g/mol. The average molecular weight is 655 g/mol. The van der Waals surface area contributed by atoms with Gasteiger partial charge in [-0.1, -0.05) is 80.9 Å². The molecule has 0 fully saturated rings. The van der Waals surface area contributed by atoms with Gasteiger partial charge >= 0.3 is 5.97 Å². The van der Waals surface area contributed by atoms with Gasteiger partial charge in [0, 0.05) is 12.8 Å². The minimum Gasteiger partial charge on any atom is -0.459 e. The van der Waals surface area contributed by atoms with Gasteiger partial charge in [-0.3, -0.25) is 4.79 Å². The molecule has 11 nitrogen and oxygen atoms in total. The molecular formula is C35H58O11. The first-order chi connectivity index (χ1) is 21.7. The van der Waals surface area contributed by atoms with E-state index in [-0.39, 0.29) is 44.9 Å². The van der Waals surface area contributed by atoms with Crippen LogP contribution in [0, 0.1) is 5.92 Å². The van der Waals surface area contributed by atoms with E-state index in [0.717, 1.165) is 12.8 Å². The van der Waals surface area contributed by atoms with E-state index < -0.39 is 72.9 Å². The Labute approximate surface area is 273 Å². The van der Waals surface area contributed by atoms with Crippen LogP contribution in [0.3, 0.4) is 0 Å². The van der Waals surface area contributed by atoms with Crippen molar-refractivity contribution in [2.75, 3.05) is 0 Å². The van der Waals surface area contributed by atoms with E-state index in [2.05, 4.69) is 0 Å². The molecule has 264 valence electrons. The van der Waals surface area contributed by atoms with Gasteiger partial charge in [-0.2, -0.15) is 0 Å². The van der Waals surface area contributed by atoms with Gasteiger partial charge in [-0.05, 0) is 51.5 Å². The first-order valence-corrected chi connectivity index (χ1v) is 16.4. The van der Waals surface area contributed by atoms with Crippen molar-refractivity contribution < 1.29 is 55.5 Å². The van der Waals surface area contributed by atoms with Crippen molar-refractivity contribution in [2.24, 2.45) is 5.92 Å². The SMILES string of the molecule is CCCCC[C@H](O)[C@@H]1C(=O)O[C@H](C)[C@H](O)/C=C/C=C/C=C/C=C/C=C(\C)[C@H](O)C[C@H](O)C[C@H](O)C[C@H](O)C[C@H](O)C[C@@H](O)C[C@@H]1O. The van der Waals surface area contributed by atoms with Crippen LogP contribution in [-0.2, 0) is 9.53 Å². The monoisotopic (exact) mass is 654 g/mol. The summed E-state index contributed by atoms with van der Waals surface area (Å²) in [7, 11) is 0. The molecule has 1 rings (SSSR count). The Balaban J connectivity index is 3.14. The highest BCUT2D eigenvalue weighted by Crippen LogP contribution is 2.24. The maximum atomic E-state index is 13.1. The molecule has 0 aliphatic carbocycles. The van der Waals surface area contributed by atoms with E-state index in [1.54, 1.807) is 55.5 Å². The number of hydrogen-bond donors (Lipinski definition) is 9. The summed E-state index contributed by atoms with van der Waals surface area (Å²) in [5, 5.41) is 94.8. The number of aliphatic hydroxyl groups is 9. The molecule has 0 unspecified atom stereocenters. The van der Waals surface area contributed by atoms with Gasteiger partial charge in [0.2, 0.25) is 0 Å². The molecule has 1 aliphatic heterocycles. The number of hydrogen-bond acceptors (Lipinski definition) is 11. The molecule has 0 bridgehead atoms. The number of allylic oxidation sites excluding steroid dienone is 8. The number of cyclic esters (lactones) is 1. The summed E-state index contributed by atoms with van der Waals surface area (Å²) < 4.78 is 5.42. The lowest BCUT2D eigenvalue weighted by Gasteiger charge is -2.29. The van der Waals surface area contributed by atoms with E-state index in [9.17, 15) is 50.8 Å². The second-order valence-corrected chi connectivity index (χ2v) is 12.4. The van der Waals surface area contributed by atoms with Crippen molar-refractivity contribution >= 4 is 5.97 Å². The summed E-state index contributed by atoms with van der Waals surface area (Å²) in [6.07, 6.45) is 4.69. The van der Waals surface area contributed by atoms with Crippen LogP contribution in [0.4, 0.5) is 0 Å². The number of ether oxygens (including phenoxy) is 1. The first kappa shape index (κ1) is 41.8. The molecule has 0 radical (unpaired) electrons. The van der Waals surface area contributed by atoms with Crippen molar-refractivity contribution in [3.05, 3.63) is 60.3 Å². The van der Waals surface area contributed by atoms with E-state index in [1.165, 1.54) is 13.0 Å². The van der Waals surface area contributed by atoms with Crippen molar-refractivity contribution in [1.82, 2.24) is 0 Å². The highest BCUT2D eigenvalue weighted by Gasteiger charge is 2.37. The predicted octanol–water partition coefficient (Wildman–Crippen LogP) is 1.89. The normalized spacial score (nSPS) is 38.6. The minimum absolute atomic E-state index is 0.0162. The van der Waals surface area contributed by atoms with E-state index in [0.29, 0.717) is 12.0 Å². The third-order valence-electron chi connectivity index (χ3n) is 8.03. The molecule has 46 heavy (non-hydrogen) atoms.